The van der Waals surface area contributed by atoms with Crippen LogP contribution in [0, 0.1) is 13.8 Å². The highest BCUT2D eigenvalue weighted by atomic mass is 32.1. The number of aromatic nitrogens is 1. The fourth-order valence-electron chi connectivity index (χ4n) is 2.01. The van der Waals surface area contributed by atoms with Gasteiger partial charge in [0.2, 0.25) is 0 Å². The predicted octanol–water partition coefficient (Wildman–Crippen LogP) is 3.19. The number of methoxy groups -OCH3 is 1. The fraction of sp³-hybridized carbons (Fsp3) is 0.429. The van der Waals surface area contributed by atoms with Gasteiger partial charge in [0.05, 0.1) is 23.9 Å². The number of thiazole rings is 1. The Labute approximate surface area is 122 Å². The average Bonchev–Trinajstić information content (AvgIpc) is 3.02. The Balaban J connectivity index is 2.19. The summed E-state index contributed by atoms with van der Waals surface area (Å²) in [5.74, 6) is 0.404. The minimum atomic E-state index is -0.189. The molecule has 0 N–H and O–H groups in total. The van der Waals surface area contributed by atoms with Crippen molar-refractivity contribution in [2.24, 2.45) is 0 Å². The van der Waals surface area contributed by atoms with Gasteiger partial charge in [0.1, 0.15) is 0 Å². The third kappa shape index (κ3) is 2.70. The van der Waals surface area contributed by atoms with Crippen LogP contribution in [0.25, 0.3) is 0 Å². The molecule has 2 aromatic heterocycles. The number of hydrogen-bond donors (Lipinski definition) is 0. The van der Waals surface area contributed by atoms with Crippen molar-refractivity contribution >= 4 is 17.2 Å². The molecule has 0 aliphatic heterocycles. The Morgan fingerprint density at radius 3 is 2.65 bits per heavy atom. The first kappa shape index (κ1) is 14.6. The van der Waals surface area contributed by atoms with E-state index in [4.69, 9.17) is 9.15 Å². The number of nitrogens with zero attached hydrogens (tertiary/aromatic N) is 2. The highest BCUT2D eigenvalue weighted by Gasteiger charge is 2.24. The topological polar surface area (TPSA) is 55.6 Å². The van der Waals surface area contributed by atoms with E-state index in [1.807, 2.05) is 20.8 Å². The Kier molecular flexibility index (Phi) is 4.13. The molecule has 1 unspecified atom stereocenters. The molecule has 0 spiro atoms. The molecular weight excluding hydrogens is 276 g/mol. The summed E-state index contributed by atoms with van der Waals surface area (Å²) >= 11 is 1.64. The zero-order valence-electron chi connectivity index (χ0n) is 12.3. The fourth-order valence-corrected chi connectivity index (χ4v) is 2.92. The van der Waals surface area contributed by atoms with Crippen LogP contribution >= 0.6 is 11.3 Å². The maximum Gasteiger partial charge on any atom is 0.290 e. The standard InChI is InChI=1S/C14H18N2O3S/c1-8(13-9(2)20-10(3)15-13)16(4)14(17)11-6-7-12(18-5)19-11/h6-8H,1-5H3. The van der Waals surface area contributed by atoms with Gasteiger partial charge in [0.25, 0.3) is 11.9 Å². The minimum absolute atomic E-state index is 0.108. The minimum Gasteiger partial charge on any atom is -0.468 e. The van der Waals surface area contributed by atoms with E-state index in [0.717, 1.165) is 15.6 Å². The van der Waals surface area contributed by atoms with Gasteiger partial charge in [-0.15, -0.1) is 11.3 Å². The van der Waals surface area contributed by atoms with Crippen molar-refractivity contribution in [3.63, 3.8) is 0 Å². The van der Waals surface area contributed by atoms with E-state index in [1.54, 1.807) is 35.4 Å². The Bertz CT molecular complexity index is 618. The molecule has 108 valence electrons. The van der Waals surface area contributed by atoms with Crippen LogP contribution in [0.3, 0.4) is 0 Å². The van der Waals surface area contributed by atoms with E-state index in [0.29, 0.717) is 5.95 Å². The Morgan fingerprint density at radius 1 is 1.45 bits per heavy atom. The zero-order valence-corrected chi connectivity index (χ0v) is 13.1. The van der Waals surface area contributed by atoms with Gasteiger partial charge in [0, 0.05) is 18.0 Å². The molecule has 0 aliphatic rings. The lowest BCUT2D eigenvalue weighted by Gasteiger charge is -2.23. The van der Waals surface area contributed by atoms with Gasteiger partial charge < -0.3 is 14.1 Å². The van der Waals surface area contributed by atoms with Crippen LogP contribution in [0.15, 0.2) is 16.5 Å². The Morgan fingerprint density at radius 2 is 2.15 bits per heavy atom. The maximum atomic E-state index is 12.4. The van der Waals surface area contributed by atoms with Gasteiger partial charge >= 0.3 is 0 Å². The molecular formula is C14H18N2O3S. The number of furan rings is 1. The first-order chi connectivity index (χ1) is 9.43. The summed E-state index contributed by atoms with van der Waals surface area (Å²) in [4.78, 5) is 19.6. The van der Waals surface area contributed by atoms with Crippen molar-refractivity contribution in [3.8, 4) is 5.95 Å². The van der Waals surface area contributed by atoms with Gasteiger partial charge in [-0.25, -0.2) is 4.98 Å². The molecule has 1 amide bonds. The lowest BCUT2D eigenvalue weighted by molar-refractivity contribution is 0.0701. The number of amides is 1. The SMILES string of the molecule is COc1ccc(C(=O)N(C)C(C)c2nc(C)sc2C)o1. The zero-order chi connectivity index (χ0) is 14.9. The van der Waals surface area contributed by atoms with Crippen molar-refractivity contribution in [3.05, 3.63) is 33.5 Å². The van der Waals surface area contributed by atoms with E-state index in [1.165, 1.54) is 7.11 Å². The number of rotatable bonds is 4. The van der Waals surface area contributed by atoms with E-state index >= 15 is 0 Å². The molecule has 2 aromatic rings. The monoisotopic (exact) mass is 294 g/mol. The van der Waals surface area contributed by atoms with E-state index in [2.05, 4.69) is 4.98 Å². The van der Waals surface area contributed by atoms with Crippen molar-refractivity contribution in [1.29, 1.82) is 0 Å². The summed E-state index contributed by atoms with van der Waals surface area (Å²) in [5.41, 5.74) is 0.932. The van der Waals surface area contributed by atoms with E-state index in [9.17, 15) is 4.79 Å². The smallest absolute Gasteiger partial charge is 0.290 e. The molecule has 2 rings (SSSR count). The summed E-state index contributed by atoms with van der Waals surface area (Å²) in [6.45, 7) is 5.94. The molecule has 0 aliphatic carbocycles. The molecule has 0 fully saturated rings. The number of hydrogen-bond acceptors (Lipinski definition) is 5. The number of carbonyl (C=O) groups is 1. The third-order valence-electron chi connectivity index (χ3n) is 3.23. The van der Waals surface area contributed by atoms with E-state index < -0.39 is 0 Å². The molecule has 0 saturated carbocycles. The summed E-state index contributed by atoms with van der Waals surface area (Å²) < 4.78 is 10.3. The molecule has 20 heavy (non-hydrogen) atoms. The quantitative estimate of drug-likeness (QED) is 0.869. The van der Waals surface area contributed by atoms with Crippen molar-refractivity contribution in [2.45, 2.75) is 26.8 Å². The molecule has 0 bridgehead atoms. The molecule has 5 nitrogen and oxygen atoms in total. The highest BCUT2D eigenvalue weighted by Crippen LogP contribution is 2.27. The van der Waals surface area contributed by atoms with Gasteiger partial charge in [-0.2, -0.15) is 0 Å². The average molecular weight is 294 g/mol. The first-order valence-corrected chi connectivity index (χ1v) is 7.10. The highest BCUT2D eigenvalue weighted by molar-refractivity contribution is 7.11. The largest absolute Gasteiger partial charge is 0.468 e. The molecule has 2 heterocycles. The van der Waals surface area contributed by atoms with Crippen LogP contribution in [0.2, 0.25) is 0 Å². The van der Waals surface area contributed by atoms with Crippen LogP contribution < -0.4 is 4.74 Å². The summed E-state index contributed by atoms with van der Waals surface area (Å²) in [6, 6.07) is 3.14. The van der Waals surface area contributed by atoms with Gasteiger partial charge in [0.15, 0.2) is 5.76 Å². The molecule has 1 atom stereocenters. The summed E-state index contributed by atoms with van der Waals surface area (Å²) in [7, 11) is 3.25. The molecule has 0 saturated heterocycles. The van der Waals surface area contributed by atoms with Gasteiger partial charge in [-0.05, 0) is 26.8 Å². The van der Waals surface area contributed by atoms with E-state index in [-0.39, 0.29) is 17.7 Å². The van der Waals surface area contributed by atoms with Crippen LogP contribution in [0.1, 0.15) is 39.1 Å². The number of carbonyl (C=O) groups excluding carboxylic acids is 1. The van der Waals surface area contributed by atoms with Crippen LogP contribution in [-0.2, 0) is 0 Å². The second-order valence-corrected chi connectivity index (χ2v) is 6.00. The molecule has 0 radical (unpaired) electrons. The summed E-state index contributed by atoms with van der Waals surface area (Å²) in [5, 5.41) is 1.00. The lowest BCUT2D eigenvalue weighted by atomic mass is 10.2. The first-order valence-electron chi connectivity index (χ1n) is 6.29. The second kappa shape index (κ2) is 5.66. The van der Waals surface area contributed by atoms with Crippen LogP contribution in [0.5, 0.6) is 5.95 Å². The molecule has 6 heteroatoms. The summed E-state index contributed by atoms with van der Waals surface area (Å²) in [6.07, 6.45) is 0. The normalized spacial score (nSPS) is 12.2. The van der Waals surface area contributed by atoms with Gasteiger partial charge in [-0.1, -0.05) is 0 Å². The van der Waals surface area contributed by atoms with Gasteiger partial charge in [-0.3, -0.25) is 4.79 Å². The third-order valence-corrected chi connectivity index (χ3v) is 4.13. The Hall–Kier alpha value is -1.82. The molecule has 0 aromatic carbocycles. The predicted molar refractivity (Wildman–Crippen MR) is 77.4 cm³/mol. The van der Waals surface area contributed by atoms with Crippen LogP contribution in [-0.4, -0.2) is 29.9 Å². The second-order valence-electron chi connectivity index (χ2n) is 4.59. The van der Waals surface area contributed by atoms with Crippen molar-refractivity contribution in [2.75, 3.05) is 14.2 Å². The van der Waals surface area contributed by atoms with Crippen LogP contribution in [0.4, 0.5) is 0 Å². The van der Waals surface area contributed by atoms with Crippen molar-refractivity contribution in [1.82, 2.24) is 9.88 Å². The lowest BCUT2D eigenvalue weighted by Crippen LogP contribution is -2.29. The van der Waals surface area contributed by atoms with Crippen molar-refractivity contribution < 1.29 is 13.9 Å². The number of aryl methyl sites for hydroxylation is 2. The number of ether oxygens (including phenoxy) is 1. The maximum absolute atomic E-state index is 12.4.